The van der Waals surface area contributed by atoms with Gasteiger partial charge in [-0.15, -0.1) is 64.6 Å². The van der Waals surface area contributed by atoms with Crippen molar-refractivity contribution in [2.45, 2.75) is 78.4 Å². The summed E-state index contributed by atoms with van der Waals surface area (Å²) in [4.78, 5) is 0. The number of halogens is 5. The van der Waals surface area contributed by atoms with Crippen molar-refractivity contribution in [2.24, 2.45) is 0 Å². The molecule has 10 heteroatoms. The molecule has 0 aliphatic heterocycles. The molecule has 0 bridgehead atoms. The molecular weight excluding hydrogens is 453 g/mol. The fraction of sp³-hybridized carbons (Fsp3) is 0.867. The molecule has 0 aromatic rings. The third-order valence-electron chi connectivity index (χ3n) is 3.59. The Morgan fingerprint density at radius 1 is 1.00 bits per heavy atom. The molecule has 6 unspecified atom stereocenters. The van der Waals surface area contributed by atoms with E-state index in [4.69, 9.17) is 62.6 Å². The zero-order valence-electron chi connectivity index (χ0n) is 14.0. The Kier molecular flexibility index (Phi) is 13.8. The summed E-state index contributed by atoms with van der Waals surface area (Å²) in [7, 11) is -4.77. The molecule has 0 heterocycles. The van der Waals surface area contributed by atoms with Crippen molar-refractivity contribution in [2.75, 3.05) is 0 Å². The van der Waals surface area contributed by atoms with Gasteiger partial charge in [0.15, 0.2) is 0 Å². The van der Waals surface area contributed by atoms with Crippen LogP contribution in [0.25, 0.3) is 0 Å². The Morgan fingerprint density at radius 3 is 2.04 bits per heavy atom. The third-order valence-corrected chi connectivity index (χ3v) is 6.92. The van der Waals surface area contributed by atoms with E-state index in [0.29, 0.717) is 6.42 Å². The van der Waals surface area contributed by atoms with Crippen molar-refractivity contribution in [1.82, 2.24) is 0 Å². The number of unbranched alkanes of at least 4 members (excludes halogenated alkanes) is 4. The van der Waals surface area contributed by atoms with E-state index in [-0.39, 0.29) is 0 Å². The summed E-state index contributed by atoms with van der Waals surface area (Å²) in [5.74, 6) is 0. The van der Waals surface area contributed by atoms with Gasteiger partial charge in [-0.25, -0.2) is 4.18 Å². The summed E-state index contributed by atoms with van der Waals surface area (Å²) >= 11 is 30.8. The van der Waals surface area contributed by atoms with Gasteiger partial charge in [-0.3, -0.25) is 4.55 Å². The molecule has 0 amide bonds. The largest absolute Gasteiger partial charge is 0.397 e. The summed E-state index contributed by atoms with van der Waals surface area (Å²) in [5.41, 5.74) is 0. The summed E-state index contributed by atoms with van der Waals surface area (Å²) in [5, 5.41) is -4.05. The van der Waals surface area contributed by atoms with Gasteiger partial charge in [-0.1, -0.05) is 25.3 Å². The standard InChI is InChI=1S/C15H25Cl5O4S/c1-3-4-5-6-7-8-9-11(17)13(19)14(20)15(12(18)10(2)16)24-25(21,22)23/h3,10-15H,1,4-9H2,2H3,(H,21,22,23). The van der Waals surface area contributed by atoms with Crippen LogP contribution in [-0.2, 0) is 14.6 Å². The first-order valence-corrected chi connectivity index (χ1v) is 11.5. The van der Waals surface area contributed by atoms with Gasteiger partial charge in [0.1, 0.15) is 6.10 Å². The maximum Gasteiger partial charge on any atom is 0.397 e. The molecule has 0 aromatic carbocycles. The first-order chi connectivity index (χ1) is 11.5. The second-order valence-electron chi connectivity index (χ2n) is 5.80. The molecule has 0 aromatic heterocycles. The maximum absolute atomic E-state index is 11.1. The lowest BCUT2D eigenvalue weighted by molar-refractivity contribution is 0.168. The molecule has 6 atom stereocenters. The average molecular weight is 479 g/mol. The zero-order chi connectivity index (χ0) is 19.6. The van der Waals surface area contributed by atoms with E-state index < -0.39 is 43.4 Å². The van der Waals surface area contributed by atoms with E-state index in [0.717, 1.165) is 32.1 Å². The number of alkyl halides is 5. The van der Waals surface area contributed by atoms with Gasteiger partial charge in [-0.05, 0) is 26.2 Å². The Labute approximate surface area is 176 Å². The molecule has 25 heavy (non-hydrogen) atoms. The fourth-order valence-corrected chi connectivity index (χ4v) is 4.31. The molecule has 0 spiro atoms. The third kappa shape index (κ3) is 11.5. The highest BCUT2D eigenvalue weighted by Crippen LogP contribution is 2.31. The molecule has 4 nitrogen and oxygen atoms in total. The molecule has 0 aliphatic carbocycles. The van der Waals surface area contributed by atoms with Crippen molar-refractivity contribution in [3.63, 3.8) is 0 Å². The monoisotopic (exact) mass is 476 g/mol. The van der Waals surface area contributed by atoms with E-state index in [1.54, 1.807) is 6.92 Å². The van der Waals surface area contributed by atoms with Crippen LogP contribution in [0.3, 0.4) is 0 Å². The quantitative estimate of drug-likeness (QED) is 0.149. The van der Waals surface area contributed by atoms with Crippen molar-refractivity contribution in [3.8, 4) is 0 Å². The van der Waals surface area contributed by atoms with Crippen LogP contribution in [0, 0.1) is 0 Å². The van der Waals surface area contributed by atoms with Crippen LogP contribution >= 0.6 is 58.0 Å². The number of rotatable bonds is 14. The summed E-state index contributed by atoms with van der Waals surface area (Å²) in [6, 6.07) is 0. The predicted octanol–water partition coefficient (Wildman–Crippen LogP) is 5.76. The summed E-state index contributed by atoms with van der Waals surface area (Å²) in [6.07, 6.45) is 6.14. The Hall–Kier alpha value is 1.06. The van der Waals surface area contributed by atoms with E-state index >= 15 is 0 Å². The number of hydrogen-bond donors (Lipinski definition) is 1. The van der Waals surface area contributed by atoms with E-state index in [1.165, 1.54) is 0 Å². The fourth-order valence-electron chi connectivity index (χ4n) is 2.21. The summed E-state index contributed by atoms with van der Waals surface area (Å²) < 4.78 is 35.6. The van der Waals surface area contributed by atoms with Crippen LogP contribution in [0.5, 0.6) is 0 Å². The second kappa shape index (κ2) is 13.3. The van der Waals surface area contributed by atoms with E-state index in [2.05, 4.69) is 10.8 Å². The highest BCUT2D eigenvalue weighted by Gasteiger charge is 2.40. The highest BCUT2D eigenvalue weighted by molar-refractivity contribution is 7.80. The molecule has 0 rings (SSSR count). The molecule has 150 valence electrons. The van der Waals surface area contributed by atoms with Crippen LogP contribution < -0.4 is 0 Å². The van der Waals surface area contributed by atoms with Gasteiger partial charge in [0.25, 0.3) is 0 Å². The van der Waals surface area contributed by atoms with Crippen molar-refractivity contribution >= 4 is 68.4 Å². The predicted molar refractivity (Wildman–Crippen MR) is 108 cm³/mol. The minimum Gasteiger partial charge on any atom is -0.264 e. The highest BCUT2D eigenvalue weighted by atomic mass is 35.5. The van der Waals surface area contributed by atoms with Crippen molar-refractivity contribution in [1.29, 1.82) is 0 Å². The minimum atomic E-state index is -4.77. The molecule has 0 aliphatic rings. The van der Waals surface area contributed by atoms with Crippen LogP contribution in [-0.4, -0.2) is 46.0 Å². The van der Waals surface area contributed by atoms with Crippen LogP contribution in [0.15, 0.2) is 12.7 Å². The lowest BCUT2D eigenvalue weighted by atomic mass is 10.0. The first-order valence-electron chi connectivity index (χ1n) is 7.98. The molecule has 0 radical (unpaired) electrons. The van der Waals surface area contributed by atoms with Crippen molar-refractivity contribution < 1.29 is 17.2 Å². The van der Waals surface area contributed by atoms with E-state index in [9.17, 15) is 8.42 Å². The smallest absolute Gasteiger partial charge is 0.264 e. The van der Waals surface area contributed by atoms with Gasteiger partial charge in [0.2, 0.25) is 0 Å². The van der Waals surface area contributed by atoms with Gasteiger partial charge >= 0.3 is 10.4 Å². The van der Waals surface area contributed by atoms with Crippen LogP contribution in [0.4, 0.5) is 0 Å². The topological polar surface area (TPSA) is 63.6 Å². The maximum atomic E-state index is 11.1. The SMILES string of the molecule is C=CCCCCCCC(Cl)C(Cl)C(Cl)C(OS(=O)(=O)O)C(Cl)C(C)Cl. The van der Waals surface area contributed by atoms with Gasteiger partial charge in [0, 0.05) is 5.38 Å². The average Bonchev–Trinajstić information content (AvgIpc) is 2.52. The number of allylic oxidation sites excluding steroid dienone is 1. The Bertz CT molecular complexity index is 475. The van der Waals surface area contributed by atoms with Crippen molar-refractivity contribution in [3.05, 3.63) is 12.7 Å². The normalized spacial score (nSPS) is 19.6. The van der Waals surface area contributed by atoms with E-state index in [1.807, 2.05) is 6.08 Å². The van der Waals surface area contributed by atoms with Crippen LogP contribution in [0.2, 0.25) is 0 Å². The minimum absolute atomic E-state index is 0.509. The molecule has 0 saturated heterocycles. The Balaban J connectivity index is 4.69. The Morgan fingerprint density at radius 2 is 1.56 bits per heavy atom. The molecular formula is C15H25Cl5O4S. The summed E-state index contributed by atoms with van der Waals surface area (Å²) in [6.45, 7) is 5.22. The van der Waals surface area contributed by atoms with Gasteiger partial charge in [0.05, 0.1) is 21.5 Å². The molecule has 0 saturated carbocycles. The second-order valence-corrected chi connectivity index (χ2v) is 9.60. The zero-order valence-corrected chi connectivity index (χ0v) is 18.6. The molecule has 1 N–H and O–H groups in total. The van der Waals surface area contributed by atoms with Crippen LogP contribution in [0.1, 0.15) is 45.4 Å². The van der Waals surface area contributed by atoms with Gasteiger partial charge in [-0.2, -0.15) is 8.42 Å². The molecule has 0 fully saturated rings. The lowest BCUT2D eigenvalue weighted by Crippen LogP contribution is -2.45. The first kappa shape index (κ1) is 26.1. The number of hydrogen-bond acceptors (Lipinski definition) is 3. The lowest BCUT2D eigenvalue weighted by Gasteiger charge is -2.30. The van der Waals surface area contributed by atoms with Gasteiger partial charge < -0.3 is 0 Å².